The number of urea groups is 1. The van der Waals surface area contributed by atoms with E-state index in [1.54, 1.807) is 0 Å². The maximum Gasteiger partial charge on any atom is 0.317 e. The van der Waals surface area contributed by atoms with Crippen molar-refractivity contribution in [3.05, 3.63) is 0 Å². The molecule has 0 aromatic rings. The molecule has 19 heavy (non-hydrogen) atoms. The van der Waals surface area contributed by atoms with Crippen LogP contribution in [0, 0.1) is 5.92 Å². The summed E-state index contributed by atoms with van der Waals surface area (Å²) in [6.45, 7) is 0. The topological polar surface area (TPSA) is 69.6 Å². The second kappa shape index (κ2) is 6.26. The second-order valence-corrected chi connectivity index (χ2v) is 5.90. The second-order valence-electron chi connectivity index (χ2n) is 5.90. The van der Waals surface area contributed by atoms with Crippen molar-refractivity contribution < 1.29 is 14.7 Å². The number of rotatable bonds is 3. The Morgan fingerprint density at radius 2 is 1.79 bits per heavy atom. The molecule has 0 aromatic heterocycles. The number of carboxylic acid groups (broad SMARTS) is 1. The fourth-order valence-electron chi connectivity index (χ4n) is 3.25. The van der Waals surface area contributed by atoms with Gasteiger partial charge >= 0.3 is 12.0 Å². The molecule has 5 heteroatoms. The lowest BCUT2D eigenvalue weighted by Crippen LogP contribution is -2.47. The molecule has 0 bridgehead atoms. The molecule has 2 amide bonds. The predicted molar refractivity (Wildman–Crippen MR) is 71.9 cm³/mol. The van der Waals surface area contributed by atoms with Crippen LogP contribution < -0.4 is 5.32 Å². The molecule has 0 unspecified atom stereocenters. The van der Waals surface area contributed by atoms with Gasteiger partial charge in [0, 0.05) is 19.1 Å². The molecule has 0 spiro atoms. The summed E-state index contributed by atoms with van der Waals surface area (Å²) in [6.07, 6.45) is 7.88. The number of amides is 2. The molecule has 0 aromatic carbocycles. The minimum Gasteiger partial charge on any atom is -0.481 e. The Morgan fingerprint density at radius 3 is 2.37 bits per heavy atom. The fraction of sp³-hybridized carbons (Fsp3) is 0.857. The van der Waals surface area contributed by atoms with Crippen molar-refractivity contribution in [2.45, 2.75) is 63.5 Å². The van der Waals surface area contributed by atoms with Crippen molar-refractivity contribution in [1.29, 1.82) is 0 Å². The number of aliphatic carboxylic acids is 1. The fourth-order valence-corrected chi connectivity index (χ4v) is 3.25. The molecule has 2 atom stereocenters. The number of nitrogens with one attached hydrogen (secondary N) is 1. The summed E-state index contributed by atoms with van der Waals surface area (Å²) in [4.78, 5) is 24.8. The Hall–Kier alpha value is -1.26. The quantitative estimate of drug-likeness (QED) is 0.824. The van der Waals surface area contributed by atoms with E-state index in [2.05, 4.69) is 5.32 Å². The highest BCUT2D eigenvalue weighted by Gasteiger charge is 2.32. The van der Waals surface area contributed by atoms with Crippen LogP contribution in [0.3, 0.4) is 0 Å². The van der Waals surface area contributed by atoms with Crippen molar-refractivity contribution in [1.82, 2.24) is 10.2 Å². The van der Waals surface area contributed by atoms with Crippen LogP contribution >= 0.6 is 0 Å². The zero-order chi connectivity index (χ0) is 13.8. The van der Waals surface area contributed by atoms with Crippen molar-refractivity contribution in [2.75, 3.05) is 7.05 Å². The Bertz CT molecular complexity index is 340. The number of carboxylic acids is 1. The van der Waals surface area contributed by atoms with Gasteiger partial charge in [-0.15, -0.1) is 0 Å². The average Bonchev–Trinajstić information content (AvgIpc) is 2.87. The first-order valence-electron chi connectivity index (χ1n) is 7.34. The number of nitrogens with zero attached hydrogens (tertiary/aromatic N) is 1. The highest BCUT2D eigenvalue weighted by molar-refractivity contribution is 5.75. The predicted octanol–water partition coefficient (Wildman–Crippen LogP) is 2.21. The first-order chi connectivity index (χ1) is 9.08. The van der Waals surface area contributed by atoms with Crippen molar-refractivity contribution in [3.63, 3.8) is 0 Å². The van der Waals surface area contributed by atoms with E-state index in [0.29, 0.717) is 18.9 Å². The third kappa shape index (κ3) is 3.61. The van der Waals surface area contributed by atoms with Gasteiger partial charge in [0.15, 0.2) is 0 Å². The van der Waals surface area contributed by atoms with Gasteiger partial charge in [0.25, 0.3) is 0 Å². The Labute approximate surface area is 114 Å². The van der Waals surface area contributed by atoms with Gasteiger partial charge in [-0.2, -0.15) is 0 Å². The standard InChI is InChI=1S/C14H24N2O3/c1-16(12-5-3-2-4-6-12)14(19)15-11-8-7-10(9-11)13(17)18/h10-12H,2-9H2,1H3,(H,15,19)(H,17,18)/t10-,11+/m1/s1. The average molecular weight is 268 g/mol. The van der Waals surface area contributed by atoms with Crippen molar-refractivity contribution in [2.24, 2.45) is 5.92 Å². The SMILES string of the molecule is CN(C(=O)N[C@H]1CC[C@@H](C(=O)O)C1)C1CCCCC1. The third-order valence-electron chi connectivity index (χ3n) is 4.55. The smallest absolute Gasteiger partial charge is 0.317 e. The van der Waals surface area contributed by atoms with E-state index in [4.69, 9.17) is 5.11 Å². The van der Waals surface area contributed by atoms with E-state index in [0.717, 1.165) is 19.3 Å². The zero-order valence-electron chi connectivity index (χ0n) is 11.6. The van der Waals surface area contributed by atoms with Gasteiger partial charge in [-0.1, -0.05) is 19.3 Å². The van der Waals surface area contributed by atoms with Crippen molar-refractivity contribution in [3.8, 4) is 0 Å². The molecular formula is C14H24N2O3. The van der Waals surface area contributed by atoms with E-state index >= 15 is 0 Å². The number of carbonyl (C=O) groups is 2. The van der Waals surface area contributed by atoms with Crippen LogP contribution in [-0.2, 0) is 4.79 Å². The minimum atomic E-state index is -0.739. The molecule has 108 valence electrons. The molecule has 0 aliphatic heterocycles. The molecule has 0 heterocycles. The van der Waals surface area contributed by atoms with Crippen LogP contribution in [0.1, 0.15) is 51.4 Å². The van der Waals surface area contributed by atoms with E-state index in [1.807, 2.05) is 11.9 Å². The lowest BCUT2D eigenvalue weighted by molar-refractivity contribution is -0.141. The van der Waals surface area contributed by atoms with Crippen LogP contribution in [0.4, 0.5) is 4.79 Å². The third-order valence-corrected chi connectivity index (χ3v) is 4.55. The molecular weight excluding hydrogens is 244 g/mol. The number of carbonyl (C=O) groups excluding carboxylic acids is 1. The highest BCUT2D eigenvalue weighted by Crippen LogP contribution is 2.26. The zero-order valence-corrected chi connectivity index (χ0v) is 11.6. The lowest BCUT2D eigenvalue weighted by atomic mass is 9.95. The Kier molecular flexibility index (Phi) is 4.66. The summed E-state index contributed by atoms with van der Waals surface area (Å²) >= 11 is 0. The van der Waals surface area contributed by atoms with Crippen LogP contribution in [0.25, 0.3) is 0 Å². The van der Waals surface area contributed by atoms with Crippen LogP contribution in [0.15, 0.2) is 0 Å². The monoisotopic (exact) mass is 268 g/mol. The van der Waals surface area contributed by atoms with E-state index in [-0.39, 0.29) is 18.0 Å². The summed E-state index contributed by atoms with van der Waals surface area (Å²) < 4.78 is 0. The molecule has 2 N–H and O–H groups in total. The normalized spacial score (nSPS) is 28.1. The molecule has 0 radical (unpaired) electrons. The van der Waals surface area contributed by atoms with Gasteiger partial charge in [0.05, 0.1) is 5.92 Å². The Balaban J connectivity index is 1.79. The summed E-state index contributed by atoms with van der Waals surface area (Å²) in [5, 5.41) is 11.9. The van der Waals surface area contributed by atoms with E-state index < -0.39 is 5.97 Å². The summed E-state index contributed by atoms with van der Waals surface area (Å²) in [6, 6.07) is 0.341. The van der Waals surface area contributed by atoms with Gasteiger partial charge in [-0.3, -0.25) is 4.79 Å². The van der Waals surface area contributed by atoms with Crippen LogP contribution in [0.2, 0.25) is 0 Å². The number of hydrogen-bond donors (Lipinski definition) is 2. The highest BCUT2D eigenvalue weighted by atomic mass is 16.4. The van der Waals surface area contributed by atoms with Gasteiger partial charge in [0.2, 0.25) is 0 Å². The first-order valence-corrected chi connectivity index (χ1v) is 7.34. The molecule has 0 saturated heterocycles. The maximum absolute atomic E-state index is 12.1. The maximum atomic E-state index is 12.1. The molecule has 2 saturated carbocycles. The molecule has 2 aliphatic carbocycles. The summed E-state index contributed by atoms with van der Waals surface area (Å²) in [5.41, 5.74) is 0. The van der Waals surface area contributed by atoms with Gasteiger partial charge in [-0.25, -0.2) is 4.79 Å². The molecule has 2 aliphatic rings. The summed E-state index contributed by atoms with van der Waals surface area (Å²) in [7, 11) is 1.86. The first kappa shape index (κ1) is 14.2. The van der Waals surface area contributed by atoms with Crippen LogP contribution in [-0.4, -0.2) is 41.1 Å². The molecule has 2 fully saturated rings. The Morgan fingerprint density at radius 1 is 1.11 bits per heavy atom. The summed E-state index contributed by atoms with van der Waals surface area (Å²) in [5.74, 6) is -1.03. The molecule has 2 rings (SSSR count). The minimum absolute atomic E-state index is 0.0274. The van der Waals surface area contributed by atoms with E-state index in [9.17, 15) is 9.59 Å². The van der Waals surface area contributed by atoms with E-state index in [1.165, 1.54) is 19.3 Å². The lowest BCUT2D eigenvalue weighted by Gasteiger charge is -2.32. The van der Waals surface area contributed by atoms with Gasteiger partial charge < -0.3 is 15.3 Å². The largest absolute Gasteiger partial charge is 0.481 e. The molecule has 5 nitrogen and oxygen atoms in total. The number of hydrogen-bond acceptors (Lipinski definition) is 2. The van der Waals surface area contributed by atoms with Gasteiger partial charge in [-0.05, 0) is 32.1 Å². The van der Waals surface area contributed by atoms with Crippen molar-refractivity contribution >= 4 is 12.0 Å². The van der Waals surface area contributed by atoms with Gasteiger partial charge in [0.1, 0.15) is 0 Å². The van der Waals surface area contributed by atoms with Crippen LogP contribution in [0.5, 0.6) is 0 Å².